The molecule has 0 unspecified atom stereocenters. The molecule has 1 atom stereocenters. The van der Waals surface area contributed by atoms with Crippen molar-refractivity contribution in [1.29, 1.82) is 0 Å². The summed E-state index contributed by atoms with van der Waals surface area (Å²) in [6, 6.07) is 20.5. The molecule has 1 saturated heterocycles. The van der Waals surface area contributed by atoms with Gasteiger partial charge in [0.25, 0.3) is 0 Å². The highest BCUT2D eigenvalue weighted by molar-refractivity contribution is 5.42. The van der Waals surface area contributed by atoms with Gasteiger partial charge in [0, 0.05) is 25.3 Å². The van der Waals surface area contributed by atoms with Crippen LogP contribution in [0.25, 0.3) is 5.69 Å². The number of nitrogens with zero attached hydrogens (tertiary/aromatic N) is 3. The van der Waals surface area contributed by atoms with Gasteiger partial charge in [0.05, 0.1) is 11.4 Å². The Labute approximate surface area is 154 Å². The Morgan fingerprint density at radius 1 is 1.04 bits per heavy atom. The van der Waals surface area contributed by atoms with Gasteiger partial charge in [-0.15, -0.1) is 0 Å². The molecule has 1 aliphatic rings. The minimum atomic E-state index is -0.756. The zero-order valence-corrected chi connectivity index (χ0v) is 15.4. The third-order valence-electron chi connectivity index (χ3n) is 5.26. The highest BCUT2D eigenvalue weighted by atomic mass is 16.3. The van der Waals surface area contributed by atoms with Crippen molar-refractivity contribution in [3.8, 4) is 5.69 Å². The number of para-hydroxylation sites is 1. The number of β-amino-alcohol motifs (C(OH)–C–C–N with tert-alkyl or cyclic N) is 1. The van der Waals surface area contributed by atoms with Gasteiger partial charge in [-0.1, -0.05) is 48.5 Å². The van der Waals surface area contributed by atoms with Crippen LogP contribution in [0.1, 0.15) is 28.9 Å². The van der Waals surface area contributed by atoms with E-state index in [1.165, 1.54) is 5.56 Å². The zero-order chi connectivity index (χ0) is 18.1. The standard InChI is InChI=1S/C22H25N3O/c1-17-14-18(2)25(23-17)21-11-7-6-8-19(21)15-24-13-12-22(26,16-24)20-9-4-3-5-10-20/h3-11,14,26H,12-13,15-16H2,1-2H3/t22-/m0/s1. The van der Waals surface area contributed by atoms with E-state index >= 15 is 0 Å². The molecule has 4 rings (SSSR count). The molecule has 134 valence electrons. The van der Waals surface area contributed by atoms with Crippen LogP contribution in [-0.4, -0.2) is 32.9 Å². The van der Waals surface area contributed by atoms with Gasteiger partial charge in [-0.2, -0.15) is 5.10 Å². The predicted molar refractivity (Wildman–Crippen MR) is 103 cm³/mol. The molecular formula is C22H25N3O. The van der Waals surface area contributed by atoms with E-state index in [1.54, 1.807) is 0 Å². The third-order valence-corrected chi connectivity index (χ3v) is 5.26. The Kier molecular flexibility index (Phi) is 4.39. The van der Waals surface area contributed by atoms with Gasteiger partial charge < -0.3 is 5.11 Å². The normalized spacial score (nSPS) is 20.6. The first-order valence-electron chi connectivity index (χ1n) is 9.17. The summed E-state index contributed by atoms with van der Waals surface area (Å²) in [5.41, 5.74) is 4.77. The molecule has 4 nitrogen and oxygen atoms in total. The summed E-state index contributed by atoms with van der Waals surface area (Å²) in [6.07, 6.45) is 0.763. The largest absolute Gasteiger partial charge is 0.384 e. The summed E-state index contributed by atoms with van der Waals surface area (Å²) in [6.45, 7) is 6.45. The zero-order valence-electron chi connectivity index (χ0n) is 15.4. The fourth-order valence-corrected chi connectivity index (χ4v) is 3.95. The average molecular weight is 347 g/mol. The highest BCUT2D eigenvalue weighted by Gasteiger charge is 2.37. The van der Waals surface area contributed by atoms with Crippen LogP contribution in [0.15, 0.2) is 60.7 Å². The lowest BCUT2D eigenvalue weighted by Gasteiger charge is -2.24. The van der Waals surface area contributed by atoms with E-state index in [4.69, 9.17) is 0 Å². The molecule has 1 aliphatic heterocycles. The molecule has 2 aromatic carbocycles. The van der Waals surface area contributed by atoms with E-state index in [0.717, 1.165) is 42.1 Å². The second kappa shape index (κ2) is 6.71. The van der Waals surface area contributed by atoms with E-state index in [9.17, 15) is 5.11 Å². The van der Waals surface area contributed by atoms with Crippen molar-refractivity contribution in [2.75, 3.05) is 13.1 Å². The Morgan fingerprint density at radius 2 is 1.77 bits per heavy atom. The van der Waals surface area contributed by atoms with Crippen molar-refractivity contribution >= 4 is 0 Å². The predicted octanol–water partition coefficient (Wildman–Crippen LogP) is 3.58. The van der Waals surface area contributed by atoms with E-state index in [2.05, 4.69) is 47.3 Å². The molecule has 1 fully saturated rings. The molecule has 0 saturated carbocycles. The van der Waals surface area contributed by atoms with E-state index < -0.39 is 5.60 Å². The summed E-state index contributed by atoms with van der Waals surface area (Å²) in [4.78, 5) is 2.33. The van der Waals surface area contributed by atoms with E-state index in [-0.39, 0.29) is 0 Å². The molecule has 0 bridgehead atoms. The molecule has 1 aromatic heterocycles. The first-order valence-corrected chi connectivity index (χ1v) is 9.17. The number of hydrogen-bond donors (Lipinski definition) is 1. The lowest BCUT2D eigenvalue weighted by Crippen LogP contribution is -2.30. The van der Waals surface area contributed by atoms with Crippen molar-refractivity contribution in [3.63, 3.8) is 0 Å². The van der Waals surface area contributed by atoms with Crippen LogP contribution < -0.4 is 0 Å². The average Bonchev–Trinajstić information content (AvgIpc) is 3.19. The molecule has 26 heavy (non-hydrogen) atoms. The fourth-order valence-electron chi connectivity index (χ4n) is 3.95. The monoisotopic (exact) mass is 347 g/mol. The molecule has 0 aliphatic carbocycles. The number of aliphatic hydroxyl groups is 1. The summed E-state index contributed by atoms with van der Waals surface area (Å²) in [5, 5.41) is 15.7. The van der Waals surface area contributed by atoms with Crippen LogP contribution >= 0.6 is 0 Å². The maximum atomic E-state index is 11.1. The maximum Gasteiger partial charge on any atom is 0.103 e. The molecule has 2 heterocycles. The first-order chi connectivity index (χ1) is 12.5. The van der Waals surface area contributed by atoms with Crippen molar-refractivity contribution in [3.05, 3.63) is 83.2 Å². The number of benzene rings is 2. The quantitative estimate of drug-likeness (QED) is 0.784. The number of aromatic nitrogens is 2. The van der Waals surface area contributed by atoms with E-state index in [0.29, 0.717) is 6.54 Å². The molecule has 0 amide bonds. The minimum Gasteiger partial charge on any atom is -0.384 e. The van der Waals surface area contributed by atoms with Crippen LogP contribution in [0, 0.1) is 13.8 Å². The van der Waals surface area contributed by atoms with Gasteiger partial charge in [-0.05, 0) is 43.5 Å². The van der Waals surface area contributed by atoms with Gasteiger partial charge in [0.2, 0.25) is 0 Å². The molecule has 3 aromatic rings. The van der Waals surface area contributed by atoms with Crippen molar-refractivity contribution < 1.29 is 5.11 Å². The SMILES string of the molecule is Cc1cc(C)n(-c2ccccc2CN2CC[C@@](O)(c3ccccc3)C2)n1. The van der Waals surface area contributed by atoms with Gasteiger partial charge in [-0.25, -0.2) is 4.68 Å². The summed E-state index contributed by atoms with van der Waals surface area (Å²) in [7, 11) is 0. The Morgan fingerprint density at radius 3 is 2.50 bits per heavy atom. The van der Waals surface area contributed by atoms with Crippen LogP contribution in [0.4, 0.5) is 0 Å². The van der Waals surface area contributed by atoms with Crippen molar-refractivity contribution in [1.82, 2.24) is 14.7 Å². The highest BCUT2D eigenvalue weighted by Crippen LogP contribution is 2.33. The Hall–Kier alpha value is -2.43. The van der Waals surface area contributed by atoms with Crippen LogP contribution in [0.2, 0.25) is 0 Å². The number of hydrogen-bond acceptors (Lipinski definition) is 3. The van der Waals surface area contributed by atoms with Crippen molar-refractivity contribution in [2.24, 2.45) is 0 Å². The second-order valence-corrected chi connectivity index (χ2v) is 7.33. The molecule has 4 heteroatoms. The van der Waals surface area contributed by atoms with Gasteiger partial charge in [0.15, 0.2) is 0 Å². The molecule has 0 spiro atoms. The second-order valence-electron chi connectivity index (χ2n) is 7.33. The smallest absolute Gasteiger partial charge is 0.103 e. The maximum absolute atomic E-state index is 11.1. The third kappa shape index (κ3) is 3.18. The Bertz CT molecular complexity index is 903. The van der Waals surface area contributed by atoms with Gasteiger partial charge >= 0.3 is 0 Å². The van der Waals surface area contributed by atoms with Gasteiger partial charge in [0.1, 0.15) is 5.60 Å². The number of aryl methyl sites for hydroxylation is 2. The fraction of sp³-hybridized carbons (Fsp3) is 0.318. The molecule has 1 N–H and O–H groups in total. The minimum absolute atomic E-state index is 0.655. The van der Waals surface area contributed by atoms with Crippen LogP contribution in [0.3, 0.4) is 0 Å². The van der Waals surface area contributed by atoms with Crippen LogP contribution in [0.5, 0.6) is 0 Å². The summed E-state index contributed by atoms with van der Waals surface area (Å²) < 4.78 is 2.02. The lowest BCUT2D eigenvalue weighted by atomic mass is 9.93. The van der Waals surface area contributed by atoms with Crippen molar-refractivity contribution in [2.45, 2.75) is 32.4 Å². The van der Waals surface area contributed by atoms with Crippen LogP contribution in [-0.2, 0) is 12.1 Å². The summed E-state index contributed by atoms with van der Waals surface area (Å²) >= 11 is 0. The topological polar surface area (TPSA) is 41.3 Å². The lowest BCUT2D eigenvalue weighted by molar-refractivity contribution is 0.0453. The summed E-state index contributed by atoms with van der Waals surface area (Å²) in [5.74, 6) is 0. The molecular weight excluding hydrogens is 322 g/mol. The molecule has 0 radical (unpaired) electrons. The Balaban J connectivity index is 1.57. The first kappa shape index (κ1) is 17.0. The number of rotatable bonds is 4. The van der Waals surface area contributed by atoms with Gasteiger partial charge in [-0.3, -0.25) is 4.90 Å². The number of likely N-dealkylation sites (tertiary alicyclic amines) is 1. The van der Waals surface area contributed by atoms with E-state index in [1.807, 2.05) is 41.9 Å².